The summed E-state index contributed by atoms with van der Waals surface area (Å²) in [6, 6.07) is 8.36. The molecular weight excluding hydrogens is 407 g/mol. The molecule has 0 aromatic carbocycles. The van der Waals surface area contributed by atoms with E-state index in [9.17, 15) is 22.8 Å². The zero-order valence-electron chi connectivity index (χ0n) is 14.8. The summed E-state index contributed by atoms with van der Waals surface area (Å²) >= 11 is 1.46. The van der Waals surface area contributed by atoms with E-state index in [1.165, 1.54) is 22.6 Å². The van der Waals surface area contributed by atoms with Gasteiger partial charge in [0.1, 0.15) is 23.9 Å². The van der Waals surface area contributed by atoms with Crippen LogP contribution in [-0.4, -0.2) is 21.2 Å². The van der Waals surface area contributed by atoms with E-state index in [-0.39, 0.29) is 0 Å². The van der Waals surface area contributed by atoms with E-state index in [1.807, 2.05) is 17.5 Å². The maximum atomic E-state index is 13.0. The molecule has 0 radical (unpaired) electrons. The molecule has 0 aliphatic carbocycles. The van der Waals surface area contributed by atoms with Crippen molar-refractivity contribution in [3.8, 4) is 0 Å². The number of alkyl halides is 3. The first kappa shape index (κ1) is 19.2. The first-order valence-corrected chi connectivity index (χ1v) is 9.46. The maximum Gasteiger partial charge on any atom is 0.421 e. The van der Waals surface area contributed by atoms with Crippen molar-refractivity contribution in [2.75, 3.05) is 0 Å². The molecule has 29 heavy (non-hydrogen) atoms. The minimum atomic E-state index is -4.79. The van der Waals surface area contributed by atoms with Gasteiger partial charge in [-0.25, -0.2) is 5.01 Å². The molecule has 3 aromatic rings. The van der Waals surface area contributed by atoms with Gasteiger partial charge in [-0.1, -0.05) is 6.07 Å². The Kier molecular flexibility index (Phi) is 4.87. The SMILES string of the molecule is O=C(Cn1cccc(C(F)(F)F)c1=O)N1N=C(c2cccs2)CC1c1ccco1. The number of thiophene rings is 1. The molecular formula is C19H14F3N3O3S. The molecule has 10 heteroatoms. The molecule has 150 valence electrons. The van der Waals surface area contributed by atoms with Gasteiger partial charge in [0.05, 0.1) is 16.9 Å². The van der Waals surface area contributed by atoms with Crippen LogP contribution in [0.2, 0.25) is 0 Å². The summed E-state index contributed by atoms with van der Waals surface area (Å²) in [5.74, 6) is -0.107. The Bertz CT molecular complexity index is 1100. The van der Waals surface area contributed by atoms with Gasteiger partial charge < -0.3 is 8.98 Å². The summed E-state index contributed by atoms with van der Waals surface area (Å²) < 4.78 is 45.1. The molecule has 0 N–H and O–H groups in total. The summed E-state index contributed by atoms with van der Waals surface area (Å²) in [6.07, 6.45) is -1.77. The van der Waals surface area contributed by atoms with Crippen molar-refractivity contribution in [3.05, 3.63) is 80.8 Å². The minimum Gasteiger partial charge on any atom is -0.467 e. The van der Waals surface area contributed by atoms with Crippen LogP contribution in [0.1, 0.15) is 28.7 Å². The van der Waals surface area contributed by atoms with Gasteiger partial charge in [0.25, 0.3) is 11.5 Å². The molecule has 0 spiro atoms. The van der Waals surface area contributed by atoms with Gasteiger partial charge in [-0.2, -0.15) is 18.3 Å². The van der Waals surface area contributed by atoms with Crippen molar-refractivity contribution in [2.45, 2.75) is 25.2 Å². The van der Waals surface area contributed by atoms with Crippen molar-refractivity contribution < 1.29 is 22.4 Å². The summed E-state index contributed by atoms with van der Waals surface area (Å²) in [4.78, 5) is 25.9. The summed E-state index contributed by atoms with van der Waals surface area (Å²) in [6.45, 7) is -0.568. The van der Waals surface area contributed by atoms with E-state index in [2.05, 4.69) is 5.10 Å². The van der Waals surface area contributed by atoms with Crippen LogP contribution in [-0.2, 0) is 17.5 Å². The molecule has 0 saturated heterocycles. The predicted octanol–water partition coefficient (Wildman–Crippen LogP) is 3.90. The molecule has 1 amide bonds. The van der Waals surface area contributed by atoms with Gasteiger partial charge in [-0.3, -0.25) is 9.59 Å². The maximum absolute atomic E-state index is 13.0. The fourth-order valence-corrected chi connectivity index (χ4v) is 3.85. The first-order chi connectivity index (χ1) is 13.8. The number of hydrogen-bond acceptors (Lipinski definition) is 5. The van der Waals surface area contributed by atoms with Crippen molar-refractivity contribution in [1.29, 1.82) is 0 Å². The fourth-order valence-electron chi connectivity index (χ4n) is 3.13. The number of nitrogens with zero attached hydrogens (tertiary/aromatic N) is 3. The van der Waals surface area contributed by atoms with E-state index in [0.717, 1.165) is 21.7 Å². The number of rotatable bonds is 4. The Morgan fingerprint density at radius 1 is 1.24 bits per heavy atom. The van der Waals surface area contributed by atoms with E-state index < -0.39 is 35.8 Å². The molecule has 4 rings (SSSR count). The highest BCUT2D eigenvalue weighted by Gasteiger charge is 2.37. The van der Waals surface area contributed by atoms with Crippen LogP contribution in [0.4, 0.5) is 13.2 Å². The predicted molar refractivity (Wildman–Crippen MR) is 99.5 cm³/mol. The average molecular weight is 421 g/mol. The Morgan fingerprint density at radius 2 is 2.07 bits per heavy atom. The van der Waals surface area contributed by atoms with Crippen LogP contribution in [0.25, 0.3) is 0 Å². The molecule has 1 atom stereocenters. The Balaban J connectivity index is 1.65. The molecule has 0 saturated carbocycles. The number of pyridine rings is 1. The van der Waals surface area contributed by atoms with Crippen LogP contribution in [0.15, 0.2) is 68.6 Å². The number of aromatic nitrogens is 1. The summed E-state index contributed by atoms with van der Waals surface area (Å²) in [5, 5.41) is 7.44. The standard InChI is InChI=1S/C19H14F3N3O3S/c20-19(21,22)12-4-1-7-24(18(12)27)11-17(26)25-14(15-5-2-8-28-15)10-13(23-25)16-6-3-9-29-16/h1-9,14H,10-11H2. The minimum absolute atomic E-state index is 0.400. The number of carbonyl (C=O) groups excluding carboxylic acids is 1. The molecule has 6 nitrogen and oxygen atoms in total. The zero-order valence-corrected chi connectivity index (χ0v) is 15.6. The number of hydrazone groups is 1. The van der Waals surface area contributed by atoms with Gasteiger partial charge >= 0.3 is 6.18 Å². The van der Waals surface area contributed by atoms with Crippen LogP contribution in [0, 0.1) is 0 Å². The van der Waals surface area contributed by atoms with Crippen LogP contribution < -0.4 is 5.56 Å². The van der Waals surface area contributed by atoms with Gasteiger partial charge in [0.2, 0.25) is 0 Å². The molecule has 1 unspecified atom stereocenters. The molecule has 4 heterocycles. The third-order valence-corrected chi connectivity index (χ3v) is 5.39. The molecule has 3 aromatic heterocycles. The number of hydrogen-bond donors (Lipinski definition) is 0. The lowest BCUT2D eigenvalue weighted by Gasteiger charge is -2.20. The van der Waals surface area contributed by atoms with Crippen molar-refractivity contribution in [1.82, 2.24) is 9.58 Å². The lowest BCUT2D eigenvalue weighted by Crippen LogP contribution is -2.35. The third kappa shape index (κ3) is 3.75. The van der Waals surface area contributed by atoms with Crippen molar-refractivity contribution in [3.63, 3.8) is 0 Å². The highest BCUT2D eigenvalue weighted by Crippen LogP contribution is 2.34. The Labute approximate surface area is 166 Å². The fraction of sp³-hybridized carbons (Fsp3) is 0.211. The highest BCUT2D eigenvalue weighted by molar-refractivity contribution is 7.12. The topological polar surface area (TPSA) is 67.8 Å². The number of furan rings is 1. The quantitative estimate of drug-likeness (QED) is 0.642. The van der Waals surface area contributed by atoms with Gasteiger partial charge in [-0.05, 0) is 35.7 Å². The van der Waals surface area contributed by atoms with E-state index in [0.29, 0.717) is 24.0 Å². The van der Waals surface area contributed by atoms with Crippen LogP contribution in [0.3, 0.4) is 0 Å². The van der Waals surface area contributed by atoms with Gasteiger partial charge in [0.15, 0.2) is 0 Å². The normalized spacial score (nSPS) is 16.9. The number of halogens is 3. The second kappa shape index (κ2) is 7.36. The van der Waals surface area contributed by atoms with E-state index >= 15 is 0 Å². The first-order valence-electron chi connectivity index (χ1n) is 8.58. The van der Waals surface area contributed by atoms with Gasteiger partial charge in [-0.15, -0.1) is 11.3 Å². The zero-order chi connectivity index (χ0) is 20.6. The lowest BCUT2D eigenvalue weighted by atomic mass is 10.1. The van der Waals surface area contributed by atoms with E-state index in [1.54, 1.807) is 12.1 Å². The highest BCUT2D eigenvalue weighted by atomic mass is 32.1. The monoisotopic (exact) mass is 421 g/mol. The molecule has 1 aliphatic rings. The van der Waals surface area contributed by atoms with E-state index in [4.69, 9.17) is 4.42 Å². The average Bonchev–Trinajstić information content (AvgIpc) is 3.42. The van der Waals surface area contributed by atoms with Crippen molar-refractivity contribution in [2.24, 2.45) is 5.10 Å². The smallest absolute Gasteiger partial charge is 0.421 e. The number of carbonyl (C=O) groups is 1. The largest absolute Gasteiger partial charge is 0.467 e. The second-order valence-corrected chi connectivity index (χ2v) is 7.30. The third-order valence-electron chi connectivity index (χ3n) is 4.47. The second-order valence-electron chi connectivity index (χ2n) is 6.35. The van der Waals surface area contributed by atoms with Gasteiger partial charge in [0, 0.05) is 12.6 Å². The lowest BCUT2D eigenvalue weighted by molar-refractivity contribution is -0.140. The summed E-state index contributed by atoms with van der Waals surface area (Å²) in [7, 11) is 0. The Morgan fingerprint density at radius 3 is 2.72 bits per heavy atom. The van der Waals surface area contributed by atoms with Crippen LogP contribution >= 0.6 is 11.3 Å². The molecule has 0 bridgehead atoms. The number of amides is 1. The molecule has 0 fully saturated rings. The van der Waals surface area contributed by atoms with Crippen LogP contribution in [0.5, 0.6) is 0 Å². The summed E-state index contributed by atoms with van der Waals surface area (Å²) in [5.41, 5.74) is -1.92. The molecule has 1 aliphatic heterocycles. The van der Waals surface area contributed by atoms with Crippen molar-refractivity contribution >= 4 is 23.0 Å². The Hall–Kier alpha value is -3.14.